The van der Waals surface area contributed by atoms with Gasteiger partial charge in [-0.2, -0.15) is 0 Å². The molecule has 6 nitrogen and oxygen atoms in total. The van der Waals surface area contributed by atoms with Gasteiger partial charge in [0.25, 0.3) is 0 Å². The standard InChI is InChI=1S/C11H20N6/c1-16-10(13-14-15-16)17-7-3-5-11(9-17)4-2-6-12-8-11/h12H,2-9H2,1H3. The van der Waals surface area contributed by atoms with Gasteiger partial charge < -0.3 is 10.2 Å². The van der Waals surface area contributed by atoms with E-state index in [0.717, 1.165) is 25.6 Å². The maximum atomic E-state index is 4.12. The van der Waals surface area contributed by atoms with E-state index in [1.807, 2.05) is 7.05 Å². The third kappa shape index (κ3) is 2.01. The van der Waals surface area contributed by atoms with Gasteiger partial charge in [-0.1, -0.05) is 5.10 Å². The van der Waals surface area contributed by atoms with Gasteiger partial charge in [-0.25, -0.2) is 4.68 Å². The Labute approximate surface area is 101 Å². The molecule has 0 bridgehead atoms. The second-order valence-electron chi connectivity index (χ2n) is 5.41. The van der Waals surface area contributed by atoms with E-state index in [-0.39, 0.29) is 0 Å². The van der Waals surface area contributed by atoms with E-state index in [1.54, 1.807) is 4.68 Å². The first-order valence-corrected chi connectivity index (χ1v) is 6.47. The van der Waals surface area contributed by atoms with E-state index in [0.29, 0.717) is 5.41 Å². The summed E-state index contributed by atoms with van der Waals surface area (Å²) in [6, 6.07) is 0. The largest absolute Gasteiger partial charge is 0.339 e. The number of tetrazole rings is 1. The molecule has 6 heteroatoms. The molecule has 0 aliphatic carbocycles. The van der Waals surface area contributed by atoms with E-state index >= 15 is 0 Å². The topological polar surface area (TPSA) is 58.9 Å². The van der Waals surface area contributed by atoms with Crippen molar-refractivity contribution in [1.82, 2.24) is 25.5 Å². The second kappa shape index (κ2) is 4.25. The number of hydrogen-bond donors (Lipinski definition) is 1. The second-order valence-corrected chi connectivity index (χ2v) is 5.41. The van der Waals surface area contributed by atoms with Crippen molar-refractivity contribution in [3.05, 3.63) is 0 Å². The lowest BCUT2D eigenvalue weighted by atomic mass is 9.74. The summed E-state index contributed by atoms with van der Waals surface area (Å²) < 4.78 is 1.77. The van der Waals surface area contributed by atoms with Crippen LogP contribution in [0.1, 0.15) is 25.7 Å². The lowest BCUT2D eigenvalue weighted by molar-refractivity contribution is 0.172. The van der Waals surface area contributed by atoms with E-state index < -0.39 is 0 Å². The van der Waals surface area contributed by atoms with Gasteiger partial charge >= 0.3 is 0 Å². The Hall–Kier alpha value is -1.17. The Morgan fingerprint density at radius 3 is 2.88 bits per heavy atom. The summed E-state index contributed by atoms with van der Waals surface area (Å²) in [7, 11) is 1.91. The Bertz CT molecular complexity index is 376. The van der Waals surface area contributed by atoms with Crippen LogP contribution in [0.25, 0.3) is 0 Å². The molecule has 1 unspecified atom stereocenters. The van der Waals surface area contributed by atoms with Gasteiger partial charge in [0, 0.05) is 32.1 Å². The highest BCUT2D eigenvalue weighted by Gasteiger charge is 2.37. The van der Waals surface area contributed by atoms with Crippen LogP contribution in [0, 0.1) is 5.41 Å². The maximum absolute atomic E-state index is 4.12. The number of aromatic nitrogens is 4. The summed E-state index contributed by atoms with van der Waals surface area (Å²) in [6.07, 6.45) is 5.21. The first-order valence-electron chi connectivity index (χ1n) is 6.47. The van der Waals surface area contributed by atoms with Crippen molar-refractivity contribution < 1.29 is 0 Å². The van der Waals surface area contributed by atoms with Crippen molar-refractivity contribution in [1.29, 1.82) is 0 Å². The average molecular weight is 236 g/mol. The molecular formula is C11H20N6. The minimum atomic E-state index is 0.447. The zero-order chi connectivity index (χ0) is 11.7. The zero-order valence-corrected chi connectivity index (χ0v) is 10.4. The third-order valence-corrected chi connectivity index (χ3v) is 4.10. The monoisotopic (exact) mass is 236 g/mol. The van der Waals surface area contributed by atoms with Gasteiger partial charge in [-0.15, -0.1) is 0 Å². The predicted molar refractivity (Wildman–Crippen MR) is 64.8 cm³/mol. The van der Waals surface area contributed by atoms with Gasteiger partial charge in [0.05, 0.1) is 0 Å². The molecule has 1 aromatic rings. The van der Waals surface area contributed by atoms with Gasteiger partial charge in [0.2, 0.25) is 5.95 Å². The summed E-state index contributed by atoms with van der Waals surface area (Å²) in [4.78, 5) is 2.34. The molecule has 0 amide bonds. The molecule has 2 aliphatic heterocycles. The van der Waals surface area contributed by atoms with Crippen LogP contribution >= 0.6 is 0 Å². The van der Waals surface area contributed by atoms with E-state index in [2.05, 4.69) is 25.7 Å². The molecule has 94 valence electrons. The normalized spacial score (nSPS) is 29.8. The molecule has 1 aromatic heterocycles. The number of piperidine rings is 2. The number of nitrogens with zero attached hydrogens (tertiary/aromatic N) is 5. The van der Waals surface area contributed by atoms with Crippen molar-refractivity contribution in [3.63, 3.8) is 0 Å². The fourth-order valence-corrected chi connectivity index (χ4v) is 3.25. The first kappa shape index (κ1) is 11.0. The fourth-order valence-electron chi connectivity index (χ4n) is 3.25. The van der Waals surface area contributed by atoms with Gasteiger partial charge in [0.1, 0.15) is 0 Å². The predicted octanol–water partition coefficient (Wildman–Crippen LogP) is 0.180. The van der Waals surface area contributed by atoms with Crippen LogP contribution in [-0.4, -0.2) is 46.4 Å². The summed E-state index contributed by atoms with van der Waals surface area (Å²) >= 11 is 0. The Morgan fingerprint density at radius 2 is 2.18 bits per heavy atom. The van der Waals surface area contributed by atoms with Crippen LogP contribution < -0.4 is 10.2 Å². The SMILES string of the molecule is Cn1nnnc1N1CCCC2(CCCNC2)C1. The summed E-state index contributed by atoms with van der Waals surface area (Å²) in [5, 5.41) is 15.3. The Morgan fingerprint density at radius 1 is 1.29 bits per heavy atom. The molecular weight excluding hydrogens is 216 g/mol. The van der Waals surface area contributed by atoms with E-state index in [1.165, 1.54) is 32.2 Å². The number of hydrogen-bond acceptors (Lipinski definition) is 5. The van der Waals surface area contributed by atoms with Crippen LogP contribution in [-0.2, 0) is 7.05 Å². The molecule has 17 heavy (non-hydrogen) atoms. The third-order valence-electron chi connectivity index (χ3n) is 4.10. The fraction of sp³-hybridized carbons (Fsp3) is 0.909. The van der Waals surface area contributed by atoms with Gasteiger partial charge in [-0.3, -0.25) is 0 Å². The van der Waals surface area contributed by atoms with Crippen LogP contribution in [0.4, 0.5) is 5.95 Å². The molecule has 2 saturated heterocycles. The summed E-state index contributed by atoms with van der Waals surface area (Å²) in [5.74, 6) is 0.912. The van der Waals surface area contributed by atoms with Gasteiger partial charge in [-0.05, 0) is 42.7 Å². The summed E-state index contributed by atoms with van der Waals surface area (Å²) in [5.41, 5.74) is 0.447. The first-order chi connectivity index (χ1) is 8.29. The Balaban J connectivity index is 1.77. The van der Waals surface area contributed by atoms with E-state index in [4.69, 9.17) is 0 Å². The number of aryl methyl sites for hydroxylation is 1. The molecule has 0 aromatic carbocycles. The zero-order valence-electron chi connectivity index (χ0n) is 10.4. The van der Waals surface area contributed by atoms with Crippen LogP contribution in [0.2, 0.25) is 0 Å². The average Bonchev–Trinajstić information content (AvgIpc) is 2.77. The van der Waals surface area contributed by atoms with Crippen molar-refractivity contribution in [2.45, 2.75) is 25.7 Å². The Kier molecular flexibility index (Phi) is 2.74. The molecule has 1 atom stereocenters. The number of anilines is 1. The molecule has 1 spiro atoms. The van der Waals surface area contributed by atoms with Crippen molar-refractivity contribution in [2.75, 3.05) is 31.1 Å². The van der Waals surface area contributed by atoms with Crippen molar-refractivity contribution >= 4 is 5.95 Å². The number of rotatable bonds is 1. The van der Waals surface area contributed by atoms with E-state index in [9.17, 15) is 0 Å². The van der Waals surface area contributed by atoms with Gasteiger partial charge in [0.15, 0.2) is 0 Å². The van der Waals surface area contributed by atoms with Crippen LogP contribution in [0.3, 0.4) is 0 Å². The maximum Gasteiger partial charge on any atom is 0.245 e. The molecule has 0 radical (unpaired) electrons. The highest BCUT2D eigenvalue weighted by molar-refractivity contribution is 5.29. The molecule has 0 saturated carbocycles. The number of nitrogens with one attached hydrogen (secondary N) is 1. The van der Waals surface area contributed by atoms with Crippen molar-refractivity contribution in [3.8, 4) is 0 Å². The highest BCUT2D eigenvalue weighted by Crippen LogP contribution is 2.36. The quantitative estimate of drug-likeness (QED) is 0.754. The summed E-state index contributed by atoms with van der Waals surface area (Å²) in [6.45, 7) is 4.49. The molecule has 2 aliphatic rings. The van der Waals surface area contributed by atoms with Crippen molar-refractivity contribution in [2.24, 2.45) is 12.5 Å². The molecule has 3 rings (SSSR count). The van der Waals surface area contributed by atoms with Crippen LogP contribution in [0.15, 0.2) is 0 Å². The lowest BCUT2D eigenvalue weighted by Crippen LogP contribution is -2.51. The molecule has 3 heterocycles. The molecule has 2 fully saturated rings. The minimum Gasteiger partial charge on any atom is -0.339 e. The smallest absolute Gasteiger partial charge is 0.245 e. The molecule has 1 N–H and O–H groups in total. The highest BCUT2D eigenvalue weighted by atomic mass is 15.6. The van der Waals surface area contributed by atoms with Crippen LogP contribution in [0.5, 0.6) is 0 Å². The lowest BCUT2D eigenvalue weighted by Gasteiger charge is -2.45. The minimum absolute atomic E-state index is 0.447.